The fraction of sp³-hybridized carbons (Fsp3) is 0.364. The summed E-state index contributed by atoms with van der Waals surface area (Å²) in [5, 5.41) is 1.00. The monoisotopic (exact) mass is 237 g/mol. The van der Waals surface area contributed by atoms with E-state index in [2.05, 4.69) is 24.0 Å². The number of hydrogen-bond acceptors (Lipinski definition) is 3. The molecule has 0 aliphatic carbocycles. The molecular formula is C11H11NOS2. The minimum atomic E-state index is 0.376. The van der Waals surface area contributed by atoms with Crippen LogP contribution in [0.25, 0.3) is 0 Å². The molecule has 4 heteroatoms. The molecule has 0 bridgehead atoms. The standard InChI is InChI=1S/C11H11NOS2/c1-7-2-3-9-8(6-7)10-12(4-5-15-10)11(14)13-9/h2-3,6,10H,4-5H2,1H3. The van der Waals surface area contributed by atoms with E-state index in [0.29, 0.717) is 10.5 Å². The molecule has 2 aliphatic heterocycles. The number of thiocarbonyl (C=S) groups is 1. The maximum absolute atomic E-state index is 5.64. The number of benzene rings is 1. The summed E-state index contributed by atoms with van der Waals surface area (Å²) in [7, 11) is 0. The van der Waals surface area contributed by atoms with Crippen molar-refractivity contribution >= 4 is 29.2 Å². The maximum Gasteiger partial charge on any atom is 0.266 e. The lowest BCUT2D eigenvalue weighted by molar-refractivity contribution is 0.334. The van der Waals surface area contributed by atoms with Crippen molar-refractivity contribution in [1.82, 2.24) is 4.90 Å². The molecule has 78 valence electrons. The molecule has 0 N–H and O–H groups in total. The summed E-state index contributed by atoms with van der Waals surface area (Å²) in [5.74, 6) is 2.06. The number of aryl methyl sites for hydroxylation is 1. The Hall–Kier alpha value is -0.740. The van der Waals surface area contributed by atoms with E-state index in [4.69, 9.17) is 17.0 Å². The van der Waals surface area contributed by atoms with E-state index in [-0.39, 0.29) is 0 Å². The van der Waals surface area contributed by atoms with Gasteiger partial charge in [0.2, 0.25) is 0 Å². The van der Waals surface area contributed by atoms with Gasteiger partial charge in [0.25, 0.3) is 5.17 Å². The van der Waals surface area contributed by atoms with Crippen LogP contribution in [-0.2, 0) is 0 Å². The van der Waals surface area contributed by atoms with Gasteiger partial charge in [0.15, 0.2) is 0 Å². The summed E-state index contributed by atoms with van der Waals surface area (Å²) in [5.41, 5.74) is 2.55. The van der Waals surface area contributed by atoms with Crippen LogP contribution >= 0.6 is 24.0 Å². The number of thioether (sulfide) groups is 1. The zero-order valence-electron chi connectivity index (χ0n) is 8.40. The van der Waals surface area contributed by atoms with Crippen molar-refractivity contribution in [3.8, 4) is 5.75 Å². The molecule has 0 radical (unpaired) electrons. The molecule has 3 rings (SSSR count). The first-order valence-electron chi connectivity index (χ1n) is 4.96. The van der Waals surface area contributed by atoms with Gasteiger partial charge in [-0.05, 0) is 31.3 Å². The van der Waals surface area contributed by atoms with Crippen LogP contribution in [0.5, 0.6) is 5.75 Å². The second-order valence-electron chi connectivity index (χ2n) is 3.83. The van der Waals surface area contributed by atoms with Crippen molar-refractivity contribution in [3.05, 3.63) is 29.3 Å². The van der Waals surface area contributed by atoms with Gasteiger partial charge in [-0.25, -0.2) is 0 Å². The zero-order chi connectivity index (χ0) is 10.4. The first kappa shape index (κ1) is 9.48. The Morgan fingerprint density at radius 3 is 3.27 bits per heavy atom. The van der Waals surface area contributed by atoms with E-state index in [0.717, 1.165) is 18.0 Å². The Kier molecular flexibility index (Phi) is 2.14. The highest BCUT2D eigenvalue weighted by Gasteiger charge is 2.35. The van der Waals surface area contributed by atoms with Gasteiger partial charge in [0.1, 0.15) is 11.1 Å². The van der Waals surface area contributed by atoms with Crippen LogP contribution in [-0.4, -0.2) is 22.4 Å². The third-order valence-corrected chi connectivity index (χ3v) is 4.31. The van der Waals surface area contributed by atoms with Gasteiger partial charge in [0, 0.05) is 17.9 Å². The second kappa shape index (κ2) is 3.39. The quantitative estimate of drug-likeness (QED) is 0.643. The lowest BCUT2D eigenvalue weighted by Crippen LogP contribution is -2.36. The molecule has 15 heavy (non-hydrogen) atoms. The Balaban J connectivity index is 2.12. The van der Waals surface area contributed by atoms with Gasteiger partial charge in [-0.2, -0.15) is 0 Å². The Morgan fingerprint density at radius 1 is 1.53 bits per heavy atom. The summed E-state index contributed by atoms with van der Waals surface area (Å²) >= 11 is 7.18. The molecule has 0 aromatic heterocycles. The van der Waals surface area contributed by atoms with Gasteiger partial charge in [-0.1, -0.05) is 11.6 Å². The first-order valence-corrected chi connectivity index (χ1v) is 6.42. The lowest BCUT2D eigenvalue weighted by atomic mass is 10.1. The van der Waals surface area contributed by atoms with E-state index >= 15 is 0 Å². The predicted octanol–water partition coefficient (Wildman–Crippen LogP) is 2.72. The molecule has 1 unspecified atom stereocenters. The summed E-state index contributed by atoms with van der Waals surface area (Å²) in [6.45, 7) is 3.11. The number of fused-ring (bicyclic) bond motifs is 3. The molecule has 1 atom stereocenters. The average Bonchev–Trinajstić information content (AvgIpc) is 2.69. The van der Waals surface area contributed by atoms with Crippen LogP contribution in [0, 0.1) is 6.92 Å². The average molecular weight is 237 g/mol. The van der Waals surface area contributed by atoms with Gasteiger partial charge >= 0.3 is 0 Å². The minimum absolute atomic E-state index is 0.376. The number of nitrogens with zero attached hydrogens (tertiary/aromatic N) is 1. The minimum Gasteiger partial charge on any atom is -0.431 e. The van der Waals surface area contributed by atoms with Gasteiger partial charge in [-0.15, -0.1) is 11.8 Å². The van der Waals surface area contributed by atoms with E-state index < -0.39 is 0 Å². The molecule has 2 aliphatic rings. The van der Waals surface area contributed by atoms with Crippen molar-refractivity contribution in [2.24, 2.45) is 0 Å². The fourth-order valence-corrected chi connectivity index (χ4v) is 3.64. The van der Waals surface area contributed by atoms with Gasteiger partial charge < -0.3 is 9.64 Å². The highest BCUT2D eigenvalue weighted by atomic mass is 32.2. The van der Waals surface area contributed by atoms with Crippen LogP contribution in [0.2, 0.25) is 0 Å². The summed E-state index contributed by atoms with van der Waals surface area (Å²) < 4.78 is 5.64. The predicted molar refractivity (Wildman–Crippen MR) is 66.3 cm³/mol. The van der Waals surface area contributed by atoms with Crippen LogP contribution in [0.4, 0.5) is 0 Å². The summed E-state index contributed by atoms with van der Waals surface area (Å²) in [4.78, 5) is 2.17. The molecule has 0 spiro atoms. The molecule has 0 amide bonds. The SMILES string of the molecule is Cc1ccc2c(c1)C1SCCN1C(=S)O2. The first-order chi connectivity index (χ1) is 7.25. The zero-order valence-corrected chi connectivity index (χ0v) is 10.0. The fourth-order valence-electron chi connectivity index (χ4n) is 2.02. The highest BCUT2D eigenvalue weighted by molar-refractivity contribution is 7.99. The maximum atomic E-state index is 5.64. The largest absolute Gasteiger partial charge is 0.431 e. The van der Waals surface area contributed by atoms with Gasteiger partial charge in [-0.3, -0.25) is 0 Å². The van der Waals surface area contributed by atoms with E-state index in [1.807, 2.05) is 17.8 Å². The van der Waals surface area contributed by atoms with Crippen molar-refractivity contribution in [1.29, 1.82) is 0 Å². The summed E-state index contributed by atoms with van der Waals surface area (Å²) in [6.07, 6.45) is 0. The van der Waals surface area contributed by atoms with E-state index in [9.17, 15) is 0 Å². The Labute approximate surface area is 98.6 Å². The number of ether oxygens (including phenoxy) is 1. The Morgan fingerprint density at radius 2 is 2.40 bits per heavy atom. The van der Waals surface area contributed by atoms with E-state index in [1.54, 1.807) is 0 Å². The number of rotatable bonds is 0. The van der Waals surface area contributed by atoms with Crippen LogP contribution in [0.3, 0.4) is 0 Å². The van der Waals surface area contributed by atoms with Crippen molar-refractivity contribution in [2.45, 2.75) is 12.3 Å². The molecular weight excluding hydrogens is 226 g/mol. The molecule has 1 fully saturated rings. The summed E-state index contributed by atoms with van der Waals surface area (Å²) in [6, 6.07) is 6.29. The second-order valence-corrected chi connectivity index (χ2v) is 5.36. The molecule has 2 nitrogen and oxygen atoms in total. The molecule has 1 aromatic rings. The van der Waals surface area contributed by atoms with Gasteiger partial charge in [0.05, 0.1) is 0 Å². The third-order valence-electron chi connectivity index (χ3n) is 2.75. The molecule has 1 saturated heterocycles. The van der Waals surface area contributed by atoms with E-state index in [1.165, 1.54) is 11.1 Å². The molecule has 1 aromatic carbocycles. The highest BCUT2D eigenvalue weighted by Crippen LogP contribution is 2.45. The van der Waals surface area contributed by atoms with Crippen molar-refractivity contribution in [3.63, 3.8) is 0 Å². The lowest BCUT2D eigenvalue weighted by Gasteiger charge is -2.32. The smallest absolute Gasteiger partial charge is 0.266 e. The van der Waals surface area contributed by atoms with Crippen molar-refractivity contribution in [2.75, 3.05) is 12.3 Å². The van der Waals surface area contributed by atoms with Crippen LogP contribution < -0.4 is 4.74 Å². The normalized spacial score (nSPS) is 23.4. The van der Waals surface area contributed by atoms with Crippen LogP contribution in [0.15, 0.2) is 18.2 Å². The van der Waals surface area contributed by atoms with Crippen molar-refractivity contribution < 1.29 is 4.74 Å². The van der Waals surface area contributed by atoms with Crippen LogP contribution in [0.1, 0.15) is 16.5 Å². The molecule has 2 heterocycles. The number of hydrogen-bond donors (Lipinski definition) is 0. The third kappa shape index (κ3) is 1.43. The topological polar surface area (TPSA) is 12.5 Å². The Bertz CT molecular complexity index is 433. The molecule has 0 saturated carbocycles.